The number of hydrogen-bond acceptors (Lipinski definition) is 9. The molecule has 0 aliphatic heterocycles. The van der Waals surface area contributed by atoms with Crippen molar-refractivity contribution >= 4 is 32.7 Å². The lowest BCUT2D eigenvalue weighted by Gasteiger charge is -2.24. The molecule has 0 saturated heterocycles. The number of hydrogen-bond donors (Lipinski definition) is 1. The highest BCUT2D eigenvalue weighted by atomic mass is 32.2. The molecule has 318 valence electrons. The topological polar surface area (TPSA) is 142 Å². The van der Waals surface area contributed by atoms with Crippen molar-refractivity contribution in [2.45, 2.75) is 93.4 Å². The van der Waals surface area contributed by atoms with E-state index in [1.807, 2.05) is 38.1 Å². The summed E-state index contributed by atoms with van der Waals surface area (Å²) in [6, 6.07) is 14.7. The van der Waals surface area contributed by atoms with Crippen LogP contribution < -0.4 is 4.74 Å². The molecule has 0 saturated carbocycles. The van der Waals surface area contributed by atoms with Gasteiger partial charge in [0.1, 0.15) is 11.6 Å². The quantitative estimate of drug-likeness (QED) is 0.0489. The van der Waals surface area contributed by atoms with Gasteiger partial charge < -0.3 is 19.2 Å². The molecule has 2 heterocycles. The van der Waals surface area contributed by atoms with Gasteiger partial charge in [0.25, 0.3) is 0 Å². The molecule has 0 radical (unpaired) electrons. The molecule has 0 spiro atoms. The fourth-order valence-electron chi connectivity index (χ4n) is 7.02. The van der Waals surface area contributed by atoms with Gasteiger partial charge in [-0.1, -0.05) is 71.2 Å². The molecule has 0 amide bonds. The number of ether oxygens (including phenoxy) is 3. The van der Waals surface area contributed by atoms with Crippen LogP contribution in [0, 0.1) is 28.4 Å². The molecular weight excluding hydrogens is 779 g/mol. The molecule has 0 unspecified atom stereocenters. The normalized spacial score (nSPS) is 12.8. The number of nitrogens with zero attached hydrogens (tertiary/aromatic N) is 3. The van der Waals surface area contributed by atoms with Crippen molar-refractivity contribution in [3.63, 3.8) is 0 Å². The zero-order valence-corrected chi connectivity index (χ0v) is 36.1. The molecule has 1 N–H and O–H groups in total. The van der Waals surface area contributed by atoms with E-state index in [1.165, 1.54) is 28.9 Å². The largest absolute Gasteiger partial charge is 0.454 e. The maximum absolute atomic E-state index is 15.8. The van der Waals surface area contributed by atoms with E-state index >= 15 is 8.78 Å². The third kappa shape index (κ3) is 12.2. The summed E-state index contributed by atoms with van der Waals surface area (Å²) in [6.07, 6.45) is 6.22. The first-order chi connectivity index (χ1) is 27.7. The summed E-state index contributed by atoms with van der Waals surface area (Å²) in [6.45, 7) is 12.5. The van der Waals surface area contributed by atoms with E-state index in [4.69, 9.17) is 14.2 Å². The molecule has 5 rings (SSSR count). The minimum Gasteiger partial charge on any atom is -0.454 e. The third-order valence-electron chi connectivity index (χ3n) is 10.1. The monoisotopic (exact) mass is 834 g/mol. The van der Waals surface area contributed by atoms with Gasteiger partial charge in [-0.25, -0.2) is 26.9 Å². The molecule has 0 fully saturated rings. The zero-order valence-electron chi connectivity index (χ0n) is 35.3. The molecular formula is C45H56F2N4O7S. The molecule has 5 aromatic rings. The predicted octanol–water partition coefficient (Wildman–Crippen LogP) is 9.46. The number of aromatic nitrogens is 4. The number of esters is 2. The van der Waals surface area contributed by atoms with Crippen LogP contribution in [0.2, 0.25) is 0 Å². The van der Waals surface area contributed by atoms with Crippen molar-refractivity contribution < 1.29 is 41.0 Å². The van der Waals surface area contributed by atoms with Crippen LogP contribution in [0.15, 0.2) is 60.8 Å². The first-order valence-electron chi connectivity index (χ1n) is 20.0. The Morgan fingerprint density at radius 1 is 0.949 bits per heavy atom. The Hall–Kier alpha value is -5.11. The van der Waals surface area contributed by atoms with Crippen LogP contribution in [-0.4, -0.2) is 58.4 Å². The van der Waals surface area contributed by atoms with Crippen molar-refractivity contribution in [2.75, 3.05) is 18.3 Å². The lowest BCUT2D eigenvalue weighted by molar-refractivity contribution is -0.175. The van der Waals surface area contributed by atoms with Crippen molar-refractivity contribution in [3.8, 4) is 22.9 Å². The maximum Gasteiger partial charge on any atom is 0.314 e. The summed E-state index contributed by atoms with van der Waals surface area (Å²) in [5, 5.41) is 5.17. The van der Waals surface area contributed by atoms with Crippen molar-refractivity contribution in [1.29, 1.82) is 0 Å². The molecule has 0 aliphatic carbocycles. The van der Waals surface area contributed by atoms with Crippen LogP contribution in [0.25, 0.3) is 22.3 Å². The summed E-state index contributed by atoms with van der Waals surface area (Å²) in [4.78, 5) is 32.2. The van der Waals surface area contributed by atoms with Crippen molar-refractivity contribution in [3.05, 3.63) is 94.9 Å². The van der Waals surface area contributed by atoms with E-state index in [0.717, 1.165) is 36.8 Å². The van der Waals surface area contributed by atoms with Crippen LogP contribution >= 0.6 is 0 Å². The van der Waals surface area contributed by atoms with E-state index in [-0.39, 0.29) is 40.8 Å². The van der Waals surface area contributed by atoms with Gasteiger partial charge in [0.15, 0.2) is 33.1 Å². The number of aromatic amines is 1. The van der Waals surface area contributed by atoms with Crippen LogP contribution in [0.3, 0.4) is 0 Å². The zero-order chi connectivity index (χ0) is 43.1. The average molecular weight is 835 g/mol. The number of unbranched alkanes of at least 4 members (excludes halogenated alkanes) is 2. The van der Waals surface area contributed by atoms with Gasteiger partial charge in [-0.2, -0.15) is 5.10 Å². The van der Waals surface area contributed by atoms with Crippen LogP contribution in [0.4, 0.5) is 8.78 Å². The fourth-order valence-corrected chi connectivity index (χ4v) is 9.02. The van der Waals surface area contributed by atoms with Crippen molar-refractivity contribution in [2.24, 2.45) is 23.8 Å². The number of H-pyrrole nitrogens is 1. The Bertz CT molecular complexity index is 2380. The van der Waals surface area contributed by atoms with Crippen LogP contribution in [0.5, 0.6) is 11.5 Å². The summed E-state index contributed by atoms with van der Waals surface area (Å²) in [7, 11) is -1.87. The molecule has 1 atom stereocenters. The van der Waals surface area contributed by atoms with E-state index in [2.05, 4.69) is 22.0 Å². The Morgan fingerprint density at radius 2 is 1.69 bits per heavy atom. The third-order valence-corrected chi connectivity index (χ3v) is 12.2. The lowest BCUT2D eigenvalue weighted by atomic mass is 9.89. The van der Waals surface area contributed by atoms with E-state index in [1.54, 1.807) is 47.0 Å². The molecule has 2 aromatic heterocycles. The highest BCUT2D eigenvalue weighted by Gasteiger charge is 2.28. The molecule has 0 bridgehead atoms. The van der Waals surface area contributed by atoms with Gasteiger partial charge in [0.2, 0.25) is 6.79 Å². The highest BCUT2D eigenvalue weighted by molar-refractivity contribution is 7.91. The molecule has 59 heavy (non-hydrogen) atoms. The van der Waals surface area contributed by atoms with Crippen LogP contribution in [0.1, 0.15) is 96.7 Å². The van der Waals surface area contributed by atoms with Gasteiger partial charge in [-0.3, -0.25) is 9.59 Å². The average Bonchev–Trinajstić information content (AvgIpc) is 3.76. The summed E-state index contributed by atoms with van der Waals surface area (Å²) >= 11 is 0. The Balaban J connectivity index is 1.30. The number of rotatable bonds is 19. The van der Waals surface area contributed by atoms with E-state index in [0.29, 0.717) is 35.1 Å². The second-order valence-electron chi connectivity index (χ2n) is 17.2. The number of nitrogens with one attached hydrogen (secondary N) is 1. The van der Waals surface area contributed by atoms with Crippen molar-refractivity contribution in [1.82, 2.24) is 19.7 Å². The van der Waals surface area contributed by atoms with Gasteiger partial charge in [0, 0.05) is 42.2 Å². The van der Waals surface area contributed by atoms with Gasteiger partial charge in [-0.15, -0.1) is 0 Å². The number of halogens is 2. The number of aryl methyl sites for hydroxylation is 2. The van der Waals surface area contributed by atoms with Gasteiger partial charge in [0.05, 0.1) is 28.4 Å². The second-order valence-corrected chi connectivity index (χ2v) is 19.3. The molecule has 11 nitrogen and oxygen atoms in total. The Morgan fingerprint density at radius 3 is 2.42 bits per heavy atom. The van der Waals surface area contributed by atoms with E-state index < -0.39 is 57.0 Å². The Labute approximate surface area is 345 Å². The Kier molecular flexibility index (Phi) is 14.4. The smallest absolute Gasteiger partial charge is 0.314 e. The standard InChI is InChI=1S/C45H56F2N4O7S/c1-9-10-11-19-45(6,7)27-59(54,55)21-18-34-33-17-20-48-38(33)26-37(47)40(34)58-32-15-16-36(46)35(25-32)41-49-39(50-51(41)8)24-31-14-12-13-30(23-31)22-29(2)42(52)56-28-57-43(53)44(3,4)5/h12-17,20,23,25-26,29,48H,9-11,18-19,21-22,24,27-28H2,1-8H3/t29-/m0/s1. The minimum absolute atomic E-state index is 0.0206. The molecule has 14 heteroatoms. The maximum atomic E-state index is 15.8. The first-order valence-corrected chi connectivity index (χ1v) is 21.9. The predicted molar refractivity (Wildman–Crippen MR) is 224 cm³/mol. The number of benzene rings is 3. The second kappa shape index (κ2) is 18.9. The lowest BCUT2D eigenvalue weighted by Crippen LogP contribution is -2.26. The van der Waals surface area contributed by atoms with Gasteiger partial charge >= 0.3 is 11.9 Å². The fraction of sp³-hybridized carbons (Fsp3) is 0.467. The van der Waals surface area contributed by atoms with Crippen LogP contribution in [-0.2, 0) is 55.2 Å². The summed E-state index contributed by atoms with van der Waals surface area (Å²) in [5.41, 5.74) is 1.62. The number of fused-ring (bicyclic) bond motifs is 1. The molecule has 3 aromatic carbocycles. The molecule has 0 aliphatic rings. The summed E-state index contributed by atoms with van der Waals surface area (Å²) in [5.74, 6) is -2.27. The minimum atomic E-state index is -3.51. The SMILES string of the molecule is CCCCCC(C)(C)CS(=O)(=O)CCc1c(Oc2ccc(F)c(-c3nc(Cc4cccc(C[C@H](C)C(=O)OCOC(=O)C(C)(C)C)c4)nn3C)c2)c(F)cc2[nH]ccc12. The first kappa shape index (κ1) is 45.0. The number of carbonyl (C=O) groups excluding carboxylic acids is 2. The van der Waals surface area contributed by atoms with Gasteiger partial charge in [-0.05, 0) is 80.8 Å². The number of sulfone groups is 1. The highest BCUT2D eigenvalue weighted by Crippen LogP contribution is 2.37. The summed E-state index contributed by atoms with van der Waals surface area (Å²) < 4.78 is 75.9. The number of carbonyl (C=O) groups is 2. The van der Waals surface area contributed by atoms with E-state index in [9.17, 15) is 18.0 Å².